The summed E-state index contributed by atoms with van der Waals surface area (Å²) in [4.78, 5) is 2.79. The Kier molecular flexibility index (Phi) is 6.98. The Morgan fingerprint density at radius 1 is 0.903 bits per heavy atom. The van der Waals surface area contributed by atoms with Crippen molar-refractivity contribution in [2.75, 3.05) is 13.1 Å². The van der Waals surface area contributed by atoms with E-state index in [4.69, 9.17) is 10.5 Å². The first kappa shape index (κ1) is 22.7. The molecule has 1 aromatic heterocycles. The molecule has 1 unspecified atom stereocenters. The van der Waals surface area contributed by atoms with Crippen molar-refractivity contribution >= 4 is 10.9 Å². The average molecular weight is 426 g/mol. The lowest BCUT2D eigenvalue weighted by Gasteiger charge is -2.42. The number of ether oxygens (including phenoxy) is 1. The third-order valence-electron chi connectivity index (χ3n) is 7.79. The van der Waals surface area contributed by atoms with Crippen LogP contribution in [0.4, 0.5) is 0 Å². The van der Waals surface area contributed by atoms with E-state index in [-0.39, 0.29) is 12.1 Å². The van der Waals surface area contributed by atoms with Crippen molar-refractivity contribution < 1.29 is 4.74 Å². The van der Waals surface area contributed by atoms with E-state index < -0.39 is 0 Å². The van der Waals surface area contributed by atoms with Crippen LogP contribution in [0.15, 0.2) is 24.4 Å². The minimum atomic E-state index is 0.0225. The predicted molar refractivity (Wildman–Crippen MR) is 131 cm³/mol. The number of piperidine rings is 1. The Balaban J connectivity index is 1.46. The standard InChI is InChI=1S/C27H43N3O/c1-18(2)21-6-8-22(9-7-21)29-14-12-23(13-15-29)30-17-26(20(5)28)25-16-24(31-19(3)4)10-11-27(25)30/h10-11,16-23H,6-9,12-15,28H2,1-5H3. The number of hydrogen-bond acceptors (Lipinski definition) is 3. The summed E-state index contributed by atoms with van der Waals surface area (Å²) in [5.41, 5.74) is 8.90. The second-order valence-corrected chi connectivity index (χ2v) is 10.7. The quantitative estimate of drug-likeness (QED) is 0.590. The van der Waals surface area contributed by atoms with Crippen LogP contribution in [0.3, 0.4) is 0 Å². The molecule has 1 atom stereocenters. The first-order valence-corrected chi connectivity index (χ1v) is 12.6. The van der Waals surface area contributed by atoms with Crippen molar-refractivity contribution in [2.24, 2.45) is 17.6 Å². The Bertz CT molecular complexity index is 853. The minimum Gasteiger partial charge on any atom is -0.491 e. The maximum atomic E-state index is 6.36. The van der Waals surface area contributed by atoms with Crippen LogP contribution in [-0.4, -0.2) is 34.7 Å². The van der Waals surface area contributed by atoms with Gasteiger partial charge in [0.15, 0.2) is 0 Å². The van der Waals surface area contributed by atoms with E-state index in [1.54, 1.807) is 0 Å². The molecule has 1 aliphatic carbocycles. The number of likely N-dealkylation sites (tertiary alicyclic amines) is 1. The molecule has 0 radical (unpaired) electrons. The summed E-state index contributed by atoms with van der Waals surface area (Å²) in [6.45, 7) is 13.5. The number of hydrogen-bond donors (Lipinski definition) is 1. The van der Waals surface area contributed by atoms with Crippen LogP contribution >= 0.6 is 0 Å². The fourth-order valence-electron chi connectivity index (χ4n) is 5.93. The zero-order valence-electron chi connectivity index (χ0n) is 20.3. The highest BCUT2D eigenvalue weighted by atomic mass is 16.5. The summed E-state index contributed by atoms with van der Waals surface area (Å²) >= 11 is 0. The van der Waals surface area contributed by atoms with Crippen molar-refractivity contribution in [3.05, 3.63) is 30.0 Å². The first-order valence-electron chi connectivity index (χ1n) is 12.6. The molecule has 0 spiro atoms. The van der Waals surface area contributed by atoms with E-state index in [0.29, 0.717) is 6.04 Å². The van der Waals surface area contributed by atoms with Crippen molar-refractivity contribution in [3.63, 3.8) is 0 Å². The van der Waals surface area contributed by atoms with Gasteiger partial charge < -0.3 is 19.9 Å². The van der Waals surface area contributed by atoms with Crippen molar-refractivity contribution in [3.8, 4) is 5.75 Å². The van der Waals surface area contributed by atoms with Gasteiger partial charge in [-0.25, -0.2) is 0 Å². The molecule has 2 fully saturated rings. The van der Waals surface area contributed by atoms with Crippen molar-refractivity contribution in [1.29, 1.82) is 0 Å². The van der Waals surface area contributed by atoms with Gasteiger partial charge >= 0.3 is 0 Å². The maximum absolute atomic E-state index is 6.36. The van der Waals surface area contributed by atoms with Gasteiger partial charge in [-0.15, -0.1) is 0 Å². The number of fused-ring (bicyclic) bond motifs is 1. The molecule has 2 heterocycles. The third-order valence-corrected chi connectivity index (χ3v) is 7.79. The topological polar surface area (TPSA) is 43.4 Å². The highest BCUT2D eigenvalue weighted by Crippen LogP contribution is 2.37. The van der Waals surface area contributed by atoms with Crippen molar-refractivity contribution in [2.45, 2.75) is 97.4 Å². The van der Waals surface area contributed by atoms with Gasteiger partial charge in [-0.2, -0.15) is 0 Å². The van der Waals surface area contributed by atoms with Crippen LogP contribution in [-0.2, 0) is 0 Å². The molecule has 4 nitrogen and oxygen atoms in total. The summed E-state index contributed by atoms with van der Waals surface area (Å²) in [6.07, 6.45) is 10.6. The molecule has 31 heavy (non-hydrogen) atoms. The van der Waals surface area contributed by atoms with E-state index in [1.807, 2.05) is 0 Å². The van der Waals surface area contributed by atoms with E-state index >= 15 is 0 Å². The van der Waals surface area contributed by atoms with Crippen LogP contribution in [0.25, 0.3) is 10.9 Å². The van der Waals surface area contributed by atoms with Gasteiger partial charge in [0.2, 0.25) is 0 Å². The zero-order chi connectivity index (χ0) is 22.1. The van der Waals surface area contributed by atoms with Gasteiger partial charge in [0.25, 0.3) is 0 Å². The number of nitrogens with two attached hydrogens (primary N) is 1. The van der Waals surface area contributed by atoms with Gasteiger partial charge in [0.05, 0.1) is 6.10 Å². The lowest BCUT2D eigenvalue weighted by atomic mass is 9.79. The first-order chi connectivity index (χ1) is 14.8. The van der Waals surface area contributed by atoms with Gasteiger partial charge in [0, 0.05) is 48.3 Å². The van der Waals surface area contributed by atoms with E-state index in [9.17, 15) is 0 Å². The minimum absolute atomic E-state index is 0.0225. The van der Waals surface area contributed by atoms with Crippen LogP contribution < -0.4 is 10.5 Å². The van der Waals surface area contributed by atoms with E-state index in [2.05, 4.69) is 68.5 Å². The second-order valence-electron chi connectivity index (χ2n) is 10.7. The van der Waals surface area contributed by atoms with E-state index in [0.717, 1.165) is 23.6 Å². The molecule has 2 aromatic rings. The average Bonchev–Trinajstić information content (AvgIpc) is 3.12. The molecule has 4 heteroatoms. The molecule has 0 bridgehead atoms. The largest absolute Gasteiger partial charge is 0.491 e. The fourth-order valence-corrected chi connectivity index (χ4v) is 5.93. The molecule has 1 aliphatic heterocycles. The molecular formula is C27H43N3O. The molecular weight excluding hydrogens is 382 g/mol. The predicted octanol–water partition coefficient (Wildman–Crippen LogP) is 6.30. The molecule has 1 saturated carbocycles. The van der Waals surface area contributed by atoms with Crippen LogP contribution in [0.5, 0.6) is 5.75 Å². The maximum Gasteiger partial charge on any atom is 0.120 e. The molecule has 4 rings (SSSR count). The number of aromatic nitrogens is 1. The van der Waals surface area contributed by atoms with Gasteiger partial charge in [-0.3, -0.25) is 0 Å². The Morgan fingerprint density at radius 3 is 2.16 bits per heavy atom. The Labute approximate surface area is 189 Å². The number of benzene rings is 1. The Hall–Kier alpha value is -1.52. The lowest BCUT2D eigenvalue weighted by Crippen LogP contribution is -2.43. The van der Waals surface area contributed by atoms with E-state index in [1.165, 1.54) is 68.1 Å². The highest BCUT2D eigenvalue weighted by Gasteiger charge is 2.31. The highest BCUT2D eigenvalue weighted by molar-refractivity contribution is 5.86. The third kappa shape index (κ3) is 4.96. The molecule has 2 N–H and O–H groups in total. The smallest absolute Gasteiger partial charge is 0.120 e. The summed E-state index contributed by atoms with van der Waals surface area (Å²) in [6, 6.07) is 7.94. The second kappa shape index (κ2) is 9.54. The summed E-state index contributed by atoms with van der Waals surface area (Å²) in [5, 5.41) is 1.25. The van der Waals surface area contributed by atoms with Crippen LogP contribution in [0.1, 0.15) is 90.8 Å². The van der Waals surface area contributed by atoms with Crippen molar-refractivity contribution in [1.82, 2.24) is 9.47 Å². The van der Waals surface area contributed by atoms with Gasteiger partial charge in [-0.05, 0) is 94.9 Å². The van der Waals surface area contributed by atoms with Gasteiger partial charge in [-0.1, -0.05) is 13.8 Å². The zero-order valence-corrected chi connectivity index (χ0v) is 20.3. The normalized spacial score (nSPS) is 24.9. The molecule has 172 valence electrons. The summed E-state index contributed by atoms with van der Waals surface area (Å²) in [5.74, 6) is 2.73. The number of nitrogens with zero attached hydrogens (tertiary/aromatic N) is 2. The SMILES string of the molecule is CC(C)Oc1ccc2c(c1)c(C(C)N)cn2C1CCN(C2CCC(C(C)C)CC2)CC1. The fraction of sp³-hybridized carbons (Fsp3) is 0.704. The van der Waals surface area contributed by atoms with Gasteiger partial charge in [0.1, 0.15) is 5.75 Å². The molecule has 1 aromatic carbocycles. The summed E-state index contributed by atoms with van der Waals surface area (Å²) < 4.78 is 8.47. The lowest BCUT2D eigenvalue weighted by molar-refractivity contribution is 0.0893. The molecule has 1 saturated heterocycles. The van der Waals surface area contributed by atoms with Crippen LogP contribution in [0, 0.1) is 11.8 Å². The summed E-state index contributed by atoms with van der Waals surface area (Å²) in [7, 11) is 0. The van der Waals surface area contributed by atoms with Crippen LogP contribution in [0.2, 0.25) is 0 Å². The number of rotatable bonds is 6. The monoisotopic (exact) mass is 425 g/mol. The molecule has 0 amide bonds. The Morgan fingerprint density at radius 2 is 1.58 bits per heavy atom. The molecule has 2 aliphatic rings.